The van der Waals surface area contributed by atoms with Gasteiger partial charge in [0.1, 0.15) is 0 Å². The van der Waals surface area contributed by atoms with E-state index in [1.807, 2.05) is 6.07 Å². The lowest BCUT2D eigenvalue weighted by Crippen LogP contribution is -2.60. The van der Waals surface area contributed by atoms with Crippen LogP contribution in [0.3, 0.4) is 0 Å². The fourth-order valence-electron chi connectivity index (χ4n) is 10.5. The Balaban J connectivity index is 1.42. The molecule has 0 unspecified atom stereocenters. The summed E-state index contributed by atoms with van der Waals surface area (Å²) in [6.07, 6.45) is -1.40. The van der Waals surface area contributed by atoms with Gasteiger partial charge in [0.15, 0.2) is 0 Å². The SMILES string of the molecule is [2H]C([2H])([2H])C1(C([2H])([2H])[2H])CCC(C([2H])([2H])[2H])(C([2H])([2H])[2H])c2cc3c4c(sc3cc21)B1c2cc(C(C)(C)C)ccc2N(c2ccc(C(C)(C)C)cc2-c2ccccc2)c2cc(C(C)(C)C)cc(c21)N4c1ccc(C(C)(C)C)cc1. The second-order valence-corrected chi connectivity index (χ2v) is 24.6. The van der Waals surface area contributed by atoms with Crippen molar-refractivity contribution in [2.24, 2.45) is 0 Å². The topological polar surface area (TPSA) is 6.48 Å². The molecule has 6 aromatic carbocycles. The molecule has 2 aliphatic heterocycles. The Morgan fingerprint density at radius 1 is 0.515 bits per heavy atom. The molecule has 0 saturated heterocycles. The first-order valence-corrected chi connectivity index (χ1v) is 24.4. The Hall–Kier alpha value is -5.06. The zero-order valence-electron chi connectivity index (χ0n) is 52.8. The van der Waals surface area contributed by atoms with Crippen LogP contribution in [0.1, 0.15) is 173 Å². The number of fused-ring (bicyclic) bond motifs is 7. The minimum Gasteiger partial charge on any atom is -0.311 e. The maximum Gasteiger partial charge on any atom is 0.264 e. The lowest BCUT2D eigenvalue weighted by atomic mass is 9.36. The van der Waals surface area contributed by atoms with E-state index in [1.54, 1.807) is 12.1 Å². The summed E-state index contributed by atoms with van der Waals surface area (Å²) in [6, 6.07) is 40.3. The fourth-order valence-corrected chi connectivity index (χ4v) is 11.8. The van der Waals surface area contributed by atoms with Gasteiger partial charge >= 0.3 is 0 Å². The molecule has 3 aliphatic rings. The van der Waals surface area contributed by atoms with Crippen molar-refractivity contribution in [3.8, 4) is 11.1 Å². The molecule has 66 heavy (non-hydrogen) atoms. The molecule has 0 fully saturated rings. The van der Waals surface area contributed by atoms with Crippen LogP contribution in [0, 0.1) is 0 Å². The van der Waals surface area contributed by atoms with Gasteiger partial charge in [0.05, 0.1) is 11.4 Å². The van der Waals surface area contributed by atoms with Gasteiger partial charge in [-0.1, -0.05) is 171 Å². The third kappa shape index (κ3) is 7.19. The summed E-state index contributed by atoms with van der Waals surface area (Å²) in [5, 5.41) is 0.520. The van der Waals surface area contributed by atoms with E-state index in [9.17, 15) is 0 Å². The largest absolute Gasteiger partial charge is 0.311 e. The molecule has 7 aromatic rings. The first-order valence-electron chi connectivity index (χ1n) is 29.6. The highest BCUT2D eigenvalue weighted by Gasteiger charge is 2.47. The van der Waals surface area contributed by atoms with Gasteiger partial charge < -0.3 is 9.80 Å². The summed E-state index contributed by atoms with van der Waals surface area (Å²) in [5.41, 5.74) is 7.31. The van der Waals surface area contributed by atoms with E-state index in [0.717, 1.165) is 72.0 Å². The van der Waals surface area contributed by atoms with Crippen molar-refractivity contribution in [2.75, 3.05) is 9.80 Å². The molecule has 3 heterocycles. The van der Waals surface area contributed by atoms with Crippen LogP contribution < -0.4 is 25.5 Å². The average Bonchev–Trinajstić information content (AvgIpc) is 3.81. The third-order valence-corrected chi connectivity index (χ3v) is 15.7. The second kappa shape index (κ2) is 14.7. The number of hydrogen-bond acceptors (Lipinski definition) is 3. The number of anilines is 6. The summed E-state index contributed by atoms with van der Waals surface area (Å²) in [4.78, 5) is 4.67. The molecule has 0 amide bonds. The van der Waals surface area contributed by atoms with Crippen LogP contribution in [0.25, 0.3) is 21.2 Å². The molecule has 2 nitrogen and oxygen atoms in total. The predicted molar refractivity (Wildman–Crippen MR) is 291 cm³/mol. The molecular formula is C62H71BN2S. The van der Waals surface area contributed by atoms with E-state index >= 15 is 0 Å². The van der Waals surface area contributed by atoms with Gasteiger partial charge in [-0.05, 0) is 150 Å². The number of benzene rings is 6. The number of rotatable bonds is 3. The quantitative estimate of drug-likeness (QED) is 0.163. The van der Waals surface area contributed by atoms with Crippen molar-refractivity contribution in [1.82, 2.24) is 0 Å². The van der Waals surface area contributed by atoms with Crippen molar-refractivity contribution in [3.05, 3.63) is 149 Å². The van der Waals surface area contributed by atoms with E-state index in [1.165, 1.54) is 16.9 Å². The van der Waals surface area contributed by atoms with Crippen LogP contribution in [0.2, 0.25) is 0 Å². The highest BCUT2D eigenvalue weighted by atomic mass is 32.1. The van der Waals surface area contributed by atoms with Gasteiger partial charge in [-0.25, -0.2) is 0 Å². The van der Waals surface area contributed by atoms with Crippen molar-refractivity contribution < 1.29 is 16.4 Å². The standard InChI is InChI=1S/C62H71BN2S/c1-57(2,3)39-22-26-43(27-23-39)64-51-34-42(60(10,11)12)35-52-54(51)63(56-55(64)45-36-46-47(37-53(45)66-56)62(15,16)31-30-61(46,13)14)48-33-41(59(7,8)9)25-29-50(48)65(52)49-28-24-40(58(4,5)6)32-44(49)38-20-18-17-19-21-38/h17-29,32-37H,30-31H2,1-16H3/i13D3,14D3,15D3,16D3. The Labute approximate surface area is 418 Å². The maximum atomic E-state index is 9.11. The van der Waals surface area contributed by atoms with Crippen molar-refractivity contribution in [3.63, 3.8) is 0 Å². The average molecular weight is 899 g/mol. The number of thiophene rings is 1. The van der Waals surface area contributed by atoms with Gasteiger partial charge in [0, 0.05) is 59.6 Å². The molecule has 0 bridgehead atoms. The molecule has 1 aliphatic carbocycles. The zero-order chi connectivity index (χ0) is 57.3. The van der Waals surface area contributed by atoms with E-state index in [2.05, 4.69) is 190 Å². The van der Waals surface area contributed by atoms with E-state index < -0.39 is 57.8 Å². The van der Waals surface area contributed by atoms with Crippen LogP contribution in [0.5, 0.6) is 0 Å². The normalized spacial score (nSPS) is 20.0. The summed E-state index contributed by atoms with van der Waals surface area (Å²) < 4.78 is 110. The van der Waals surface area contributed by atoms with Gasteiger partial charge in [0.2, 0.25) is 0 Å². The second-order valence-electron chi connectivity index (χ2n) is 23.5. The smallest absolute Gasteiger partial charge is 0.264 e. The minimum atomic E-state index is -3.20. The van der Waals surface area contributed by atoms with Crippen LogP contribution in [-0.4, -0.2) is 6.71 Å². The first kappa shape index (κ1) is 32.6. The lowest BCUT2D eigenvalue weighted by molar-refractivity contribution is 0.332. The van der Waals surface area contributed by atoms with Gasteiger partial charge in [-0.3, -0.25) is 0 Å². The molecule has 0 N–H and O–H groups in total. The highest BCUT2D eigenvalue weighted by Crippen LogP contribution is 2.54. The predicted octanol–water partition coefficient (Wildman–Crippen LogP) is 16.2. The molecule has 0 spiro atoms. The fraction of sp³-hybridized carbons (Fsp3) is 0.387. The molecular weight excluding hydrogens is 816 g/mol. The van der Waals surface area contributed by atoms with Gasteiger partial charge in [0.25, 0.3) is 6.71 Å². The molecule has 0 radical (unpaired) electrons. The van der Waals surface area contributed by atoms with Crippen molar-refractivity contribution >= 4 is 78.0 Å². The number of nitrogens with zero attached hydrogens (tertiary/aromatic N) is 2. The summed E-state index contributed by atoms with van der Waals surface area (Å²) in [5.74, 6) is 0. The molecule has 0 atom stereocenters. The Kier molecular flexibility index (Phi) is 7.27. The van der Waals surface area contributed by atoms with E-state index in [0.29, 0.717) is 15.8 Å². The molecule has 1 aromatic heterocycles. The van der Waals surface area contributed by atoms with Crippen LogP contribution >= 0.6 is 11.3 Å². The Morgan fingerprint density at radius 3 is 1.62 bits per heavy atom. The third-order valence-electron chi connectivity index (χ3n) is 14.5. The molecule has 0 saturated carbocycles. The first-order chi connectivity index (χ1) is 35.7. The lowest BCUT2D eigenvalue weighted by Gasteiger charge is -2.45. The van der Waals surface area contributed by atoms with Gasteiger partial charge in [-0.2, -0.15) is 0 Å². The summed E-state index contributed by atoms with van der Waals surface area (Å²) in [6.45, 7) is 13.2. The van der Waals surface area contributed by atoms with Crippen LogP contribution in [0.4, 0.5) is 34.1 Å². The van der Waals surface area contributed by atoms with Crippen LogP contribution in [-0.2, 0) is 32.5 Å². The zero-order valence-corrected chi connectivity index (χ0v) is 41.6. The Bertz CT molecular complexity index is 3490. The summed E-state index contributed by atoms with van der Waals surface area (Å²) >= 11 is 1.43. The molecule has 4 heteroatoms. The molecule has 338 valence electrons. The van der Waals surface area contributed by atoms with Crippen LogP contribution in [0.15, 0.2) is 115 Å². The van der Waals surface area contributed by atoms with Gasteiger partial charge in [-0.15, -0.1) is 11.3 Å². The van der Waals surface area contributed by atoms with E-state index in [-0.39, 0.29) is 32.8 Å². The minimum absolute atomic E-state index is 0.154. The summed E-state index contributed by atoms with van der Waals surface area (Å²) in [7, 11) is 0. The van der Waals surface area contributed by atoms with E-state index in [4.69, 9.17) is 16.4 Å². The van der Waals surface area contributed by atoms with Crippen molar-refractivity contribution in [1.29, 1.82) is 0 Å². The molecule has 10 rings (SSSR count). The Morgan fingerprint density at radius 2 is 1.05 bits per heavy atom. The monoisotopic (exact) mass is 899 g/mol. The maximum absolute atomic E-state index is 9.11. The number of hydrogen-bond donors (Lipinski definition) is 0. The van der Waals surface area contributed by atoms with Crippen molar-refractivity contribution in [2.45, 2.75) is 156 Å². The highest BCUT2D eigenvalue weighted by molar-refractivity contribution is 7.33.